The van der Waals surface area contributed by atoms with Gasteiger partial charge in [0.05, 0.1) is 5.69 Å². The van der Waals surface area contributed by atoms with E-state index in [1.54, 1.807) is 0 Å². The number of thioether (sulfide) groups is 1. The third-order valence-corrected chi connectivity index (χ3v) is 5.11. The second kappa shape index (κ2) is 6.79. The summed E-state index contributed by atoms with van der Waals surface area (Å²) in [6.07, 6.45) is 2.07. The van der Waals surface area contributed by atoms with Gasteiger partial charge in [-0.2, -0.15) is 16.9 Å². The van der Waals surface area contributed by atoms with Crippen molar-refractivity contribution in [2.45, 2.75) is 26.8 Å². The van der Waals surface area contributed by atoms with Crippen LogP contribution in [0.2, 0.25) is 0 Å². The summed E-state index contributed by atoms with van der Waals surface area (Å²) in [5, 5.41) is 4.57. The maximum atomic E-state index is 12.7. The van der Waals surface area contributed by atoms with E-state index in [1.807, 2.05) is 46.5 Å². The van der Waals surface area contributed by atoms with Crippen molar-refractivity contribution in [1.29, 1.82) is 0 Å². The summed E-state index contributed by atoms with van der Waals surface area (Å²) in [7, 11) is 0. The van der Waals surface area contributed by atoms with Crippen LogP contribution < -0.4 is 0 Å². The first-order chi connectivity index (χ1) is 11.1. The van der Waals surface area contributed by atoms with Crippen LogP contribution in [0.4, 0.5) is 0 Å². The Morgan fingerprint density at radius 2 is 2.00 bits per heavy atom. The molecule has 0 saturated carbocycles. The normalized spacial score (nSPS) is 15.2. The first-order valence-corrected chi connectivity index (χ1v) is 9.25. The standard InChI is InChI=1S/C18H23N3OS/c1-13(2)21-12-17(14(3)19-21)15-5-4-6-16(11-15)18(22)20-7-9-23-10-8-20/h4-6,11-13H,7-10H2,1-3H3. The third kappa shape index (κ3) is 3.44. The smallest absolute Gasteiger partial charge is 0.253 e. The molecule has 1 saturated heterocycles. The molecule has 0 aliphatic carbocycles. The largest absolute Gasteiger partial charge is 0.337 e. The first-order valence-electron chi connectivity index (χ1n) is 8.09. The van der Waals surface area contributed by atoms with Gasteiger partial charge >= 0.3 is 0 Å². The summed E-state index contributed by atoms with van der Waals surface area (Å²) in [6.45, 7) is 7.94. The molecule has 1 fully saturated rings. The fourth-order valence-corrected chi connectivity index (χ4v) is 3.70. The molecule has 1 aliphatic heterocycles. The molecule has 0 atom stereocenters. The summed E-state index contributed by atoms with van der Waals surface area (Å²) >= 11 is 1.91. The lowest BCUT2D eigenvalue weighted by Gasteiger charge is -2.26. The van der Waals surface area contributed by atoms with Gasteiger partial charge in [0.2, 0.25) is 0 Å². The highest BCUT2D eigenvalue weighted by Crippen LogP contribution is 2.25. The second-order valence-electron chi connectivity index (χ2n) is 6.19. The van der Waals surface area contributed by atoms with Crippen LogP contribution in [0.25, 0.3) is 11.1 Å². The number of hydrogen-bond donors (Lipinski definition) is 0. The molecule has 1 aliphatic rings. The number of rotatable bonds is 3. The number of amides is 1. The predicted molar refractivity (Wildman–Crippen MR) is 96.0 cm³/mol. The topological polar surface area (TPSA) is 38.1 Å². The molecule has 23 heavy (non-hydrogen) atoms. The predicted octanol–water partition coefficient (Wildman–Crippen LogP) is 3.63. The molecule has 4 nitrogen and oxygen atoms in total. The van der Waals surface area contributed by atoms with Gasteiger partial charge in [-0.05, 0) is 38.5 Å². The van der Waals surface area contributed by atoms with Crippen molar-refractivity contribution >= 4 is 17.7 Å². The Balaban J connectivity index is 1.89. The summed E-state index contributed by atoms with van der Waals surface area (Å²) in [4.78, 5) is 14.6. The molecule has 0 N–H and O–H groups in total. The summed E-state index contributed by atoms with van der Waals surface area (Å²) in [5.41, 5.74) is 3.93. The van der Waals surface area contributed by atoms with Crippen molar-refractivity contribution in [2.75, 3.05) is 24.6 Å². The van der Waals surface area contributed by atoms with Crippen molar-refractivity contribution in [1.82, 2.24) is 14.7 Å². The van der Waals surface area contributed by atoms with E-state index in [4.69, 9.17) is 0 Å². The van der Waals surface area contributed by atoms with E-state index < -0.39 is 0 Å². The Kier molecular flexibility index (Phi) is 4.76. The lowest BCUT2D eigenvalue weighted by molar-refractivity contribution is 0.0772. The summed E-state index contributed by atoms with van der Waals surface area (Å²) in [6, 6.07) is 8.26. The lowest BCUT2D eigenvalue weighted by atomic mass is 10.0. The molecule has 0 unspecified atom stereocenters. The Morgan fingerprint density at radius 3 is 2.65 bits per heavy atom. The average molecular weight is 329 g/mol. The Morgan fingerprint density at radius 1 is 1.26 bits per heavy atom. The highest BCUT2D eigenvalue weighted by atomic mass is 32.2. The quantitative estimate of drug-likeness (QED) is 0.863. The molecule has 1 amide bonds. The van der Waals surface area contributed by atoms with Gasteiger partial charge in [0.25, 0.3) is 5.91 Å². The Bertz CT molecular complexity index is 702. The van der Waals surface area contributed by atoms with Crippen LogP contribution in [-0.2, 0) is 0 Å². The first kappa shape index (κ1) is 16.1. The fraction of sp³-hybridized carbons (Fsp3) is 0.444. The van der Waals surface area contributed by atoms with E-state index in [2.05, 4.69) is 31.2 Å². The molecular formula is C18H23N3OS. The molecule has 3 rings (SSSR count). The number of hydrogen-bond acceptors (Lipinski definition) is 3. The van der Waals surface area contributed by atoms with E-state index in [0.717, 1.165) is 47.0 Å². The van der Waals surface area contributed by atoms with Crippen LogP contribution in [-0.4, -0.2) is 45.2 Å². The zero-order valence-electron chi connectivity index (χ0n) is 14.0. The van der Waals surface area contributed by atoms with Crippen LogP contribution >= 0.6 is 11.8 Å². The van der Waals surface area contributed by atoms with Crippen LogP contribution in [0.1, 0.15) is 35.9 Å². The lowest BCUT2D eigenvalue weighted by Crippen LogP contribution is -2.37. The minimum absolute atomic E-state index is 0.140. The van der Waals surface area contributed by atoms with Gasteiger partial charge in [0.15, 0.2) is 0 Å². The van der Waals surface area contributed by atoms with Crippen LogP contribution in [0.3, 0.4) is 0 Å². The van der Waals surface area contributed by atoms with Gasteiger partial charge in [-0.25, -0.2) is 0 Å². The second-order valence-corrected chi connectivity index (χ2v) is 7.41. The van der Waals surface area contributed by atoms with Crippen molar-refractivity contribution in [3.8, 4) is 11.1 Å². The van der Waals surface area contributed by atoms with E-state index in [1.165, 1.54) is 0 Å². The molecule has 1 aromatic heterocycles. The summed E-state index contributed by atoms with van der Waals surface area (Å²) in [5.74, 6) is 2.21. The van der Waals surface area contributed by atoms with E-state index in [9.17, 15) is 4.79 Å². The zero-order chi connectivity index (χ0) is 16.4. The molecule has 0 bridgehead atoms. The van der Waals surface area contributed by atoms with Crippen molar-refractivity contribution in [3.63, 3.8) is 0 Å². The minimum atomic E-state index is 0.140. The number of aromatic nitrogens is 2. The van der Waals surface area contributed by atoms with E-state index in [0.29, 0.717) is 6.04 Å². The van der Waals surface area contributed by atoms with Crippen molar-refractivity contribution in [2.24, 2.45) is 0 Å². The highest BCUT2D eigenvalue weighted by molar-refractivity contribution is 7.99. The molecule has 0 radical (unpaired) electrons. The van der Waals surface area contributed by atoms with Crippen LogP contribution in [0.15, 0.2) is 30.5 Å². The Hall–Kier alpha value is -1.75. The van der Waals surface area contributed by atoms with Gasteiger partial charge in [-0.1, -0.05) is 12.1 Å². The van der Waals surface area contributed by atoms with Crippen molar-refractivity contribution < 1.29 is 4.79 Å². The molecule has 1 aromatic carbocycles. The number of benzene rings is 1. The monoisotopic (exact) mass is 329 g/mol. The van der Waals surface area contributed by atoms with Gasteiger partial charge < -0.3 is 4.90 Å². The maximum Gasteiger partial charge on any atom is 0.253 e. The number of carbonyl (C=O) groups is 1. The molecule has 0 spiro atoms. The van der Waals surface area contributed by atoms with Gasteiger partial charge in [0.1, 0.15) is 0 Å². The molecule has 2 aromatic rings. The number of nitrogens with zero attached hydrogens (tertiary/aromatic N) is 3. The van der Waals surface area contributed by atoms with Crippen LogP contribution in [0, 0.1) is 6.92 Å². The number of aryl methyl sites for hydroxylation is 1. The van der Waals surface area contributed by atoms with E-state index >= 15 is 0 Å². The van der Waals surface area contributed by atoms with E-state index in [-0.39, 0.29) is 5.91 Å². The molecular weight excluding hydrogens is 306 g/mol. The highest BCUT2D eigenvalue weighted by Gasteiger charge is 2.19. The SMILES string of the molecule is Cc1nn(C(C)C)cc1-c1cccc(C(=O)N2CCSCC2)c1. The minimum Gasteiger partial charge on any atom is -0.337 e. The van der Waals surface area contributed by atoms with Gasteiger partial charge in [-0.15, -0.1) is 0 Å². The molecule has 2 heterocycles. The van der Waals surface area contributed by atoms with Crippen LogP contribution in [0.5, 0.6) is 0 Å². The summed E-state index contributed by atoms with van der Waals surface area (Å²) < 4.78 is 1.97. The average Bonchev–Trinajstić information content (AvgIpc) is 2.97. The van der Waals surface area contributed by atoms with Gasteiger partial charge in [-0.3, -0.25) is 9.48 Å². The molecule has 5 heteroatoms. The van der Waals surface area contributed by atoms with Gasteiger partial charge in [0, 0.05) is 48.0 Å². The third-order valence-electron chi connectivity index (χ3n) is 4.16. The van der Waals surface area contributed by atoms with Crippen molar-refractivity contribution in [3.05, 3.63) is 41.7 Å². The molecule has 122 valence electrons. The maximum absolute atomic E-state index is 12.7. The fourth-order valence-electron chi connectivity index (χ4n) is 2.80. The number of carbonyl (C=O) groups excluding carboxylic acids is 1. The zero-order valence-corrected chi connectivity index (χ0v) is 14.8. The Labute approximate surface area is 141 Å².